The van der Waals surface area contributed by atoms with E-state index in [1.165, 1.54) is 13.8 Å². The van der Waals surface area contributed by atoms with Gasteiger partial charge in [-0.3, -0.25) is 8.37 Å². The molecule has 0 aliphatic carbocycles. The molecule has 0 rings (SSSR count). The van der Waals surface area contributed by atoms with Crippen molar-refractivity contribution in [3.05, 3.63) is 0 Å². The van der Waals surface area contributed by atoms with Crippen molar-refractivity contribution in [1.82, 2.24) is 0 Å². The summed E-state index contributed by atoms with van der Waals surface area (Å²) < 4.78 is 64.0. The molecular formula is C4H10O8S2Zn. The Morgan fingerprint density at radius 3 is 1.07 bits per heavy atom. The molecule has 0 atom stereocenters. The van der Waals surface area contributed by atoms with Crippen LogP contribution in [0.5, 0.6) is 0 Å². The van der Waals surface area contributed by atoms with Gasteiger partial charge in [-0.2, -0.15) is 0 Å². The average molecular weight is 316 g/mol. The summed E-state index contributed by atoms with van der Waals surface area (Å²) in [6, 6.07) is 0. The largest absolute Gasteiger partial charge is 2.00 e. The van der Waals surface area contributed by atoms with Crippen LogP contribution in [0.15, 0.2) is 0 Å². The van der Waals surface area contributed by atoms with E-state index in [2.05, 4.69) is 8.37 Å². The molecule has 8 nitrogen and oxygen atoms in total. The number of hydrogen-bond donors (Lipinski definition) is 0. The van der Waals surface area contributed by atoms with Gasteiger partial charge in [0.15, 0.2) is 0 Å². The van der Waals surface area contributed by atoms with E-state index in [0.717, 1.165) is 0 Å². The van der Waals surface area contributed by atoms with Gasteiger partial charge < -0.3 is 9.11 Å². The topological polar surface area (TPSA) is 133 Å². The van der Waals surface area contributed by atoms with Crippen molar-refractivity contribution in [2.45, 2.75) is 13.8 Å². The van der Waals surface area contributed by atoms with Crippen LogP contribution < -0.4 is 0 Å². The normalized spacial score (nSPS) is 10.9. The second kappa shape index (κ2) is 9.58. The van der Waals surface area contributed by atoms with Crippen LogP contribution in [-0.4, -0.2) is 39.2 Å². The van der Waals surface area contributed by atoms with Gasteiger partial charge in [0.25, 0.3) is 0 Å². The monoisotopic (exact) mass is 314 g/mol. The molecule has 0 aromatic carbocycles. The third-order valence-corrected chi connectivity index (χ3v) is 1.57. The van der Waals surface area contributed by atoms with E-state index < -0.39 is 20.8 Å². The third kappa shape index (κ3) is 31.4. The van der Waals surface area contributed by atoms with Gasteiger partial charge in [0.1, 0.15) is 0 Å². The van der Waals surface area contributed by atoms with Crippen molar-refractivity contribution in [2.75, 3.05) is 13.2 Å². The Bertz CT molecular complexity index is 285. The van der Waals surface area contributed by atoms with Crippen molar-refractivity contribution < 1.29 is 53.8 Å². The Morgan fingerprint density at radius 2 is 1.07 bits per heavy atom. The summed E-state index contributed by atoms with van der Waals surface area (Å²) in [6.07, 6.45) is 0. The SMILES string of the molecule is CCOS(=O)(=O)[O-].CCOS(=O)(=O)[O-].[Zn+2]. The van der Waals surface area contributed by atoms with Crippen LogP contribution in [0.4, 0.5) is 0 Å². The van der Waals surface area contributed by atoms with Crippen molar-refractivity contribution in [2.24, 2.45) is 0 Å². The van der Waals surface area contributed by atoms with Crippen LogP contribution >= 0.6 is 0 Å². The minimum atomic E-state index is -4.42. The molecule has 0 radical (unpaired) electrons. The summed E-state index contributed by atoms with van der Waals surface area (Å²) in [5.74, 6) is 0. The van der Waals surface area contributed by atoms with Crippen molar-refractivity contribution >= 4 is 20.8 Å². The molecule has 0 aromatic rings. The minimum absolute atomic E-state index is 0. The quantitative estimate of drug-likeness (QED) is 0.365. The van der Waals surface area contributed by atoms with E-state index in [-0.39, 0.29) is 32.7 Å². The van der Waals surface area contributed by atoms with Gasteiger partial charge in [-0.15, -0.1) is 0 Å². The summed E-state index contributed by atoms with van der Waals surface area (Å²) in [5, 5.41) is 0. The molecule has 0 fully saturated rings. The van der Waals surface area contributed by atoms with Gasteiger partial charge in [-0.05, 0) is 13.8 Å². The molecule has 0 amide bonds. The van der Waals surface area contributed by atoms with Crippen LogP contribution in [-0.2, 0) is 48.6 Å². The maximum absolute atomic E-state index is 9.45. The second-order valence-corrected chi connectivity index (χ2v) is 3.73. The Morgan fingerprint density at radius 1 is 0.867 bits per heavy atom. The zero-order valence-electron chi connectivity index (χ0n) is 8.20. The molecule has 0 spiro atoms. The van der Waals surface area contributed by atoms with E-state index >= 15 is 0 Å². The molecule has 11 heteroatoms. The molecule has 0 bridgehead atoms. The Balaban J connectivity index is -0.000000180. The zero-order valence-corrected chi connectivity index (χ0v) is 12.8. The van der Waals surface area contributed by atoms with E-state index in [4.69, 9.17) is 0 Å². The number of hydrogen-bond acceptors (Lipinski definition) is 8. The molecule has 88 valence electrons. The van der Waals surface area contributed by atoms with Crippen molar-refractivity contribution in [1.29, 1.82) is 0 Å². The summed E-state index contributed by atoms with van der Waals surface area (Å²) in [5.41, 5.74) is 0. The molecular weight excluding hydrogens is 306 g/mol. The Hall–Kier alpha value is 0.363. The Kier molecular flexibility index (Phi) is 13.2. The summed E-state index contributed by atoms with van der Waals surface area (Å²) in [6.45, 7) is 2.67. The fourth-order valence-corrected chi connectivity index (χ4v) is 0.866. The summed E-state index contributed by atoms with van der Waals surface area (Å²) >= 11 is 0. The predicted molar refractivity (Wildman–Crippen MR) is 42.6 cm³/mol. The molecule has 0 unspecified atom stereocenters. The summed E-state index contributed by atoms with van der Waals surface area (Å²) in [4.78, 5) is 0. The van der Waals surface area contributed by atoms with E-state index in [0.29, 0.717) is 0 Å². The van der Waals surface area contributed by atoms with Crippen molar-refractivity contribution in [3.63, 3.8) is 0 Å². The average Bonchev–Trinajstić information content (AvgIpc) is 1.81. The molecule has 0 aliphatic heterocycles. The molecule has 0 aromatic heterocycles. The first-order chi connectivity index (χ1) is 6.12. The first-order valence-electron chi connectivity index (χ1n) is 3.32. The predicted octanol–water partition coefficient (Wildman–Crippen LogP) is -1.04. The van der Waals surface area contributed by atoms with E-state index in [1.807, 2.05) is 0 Å². The fraction of sp³-hybridized carbons (Fsp3) is 1.00. The maximum atomic E-state index is 9.45. The van der Waals surface area contributed by atoms with Crippen LogP contribution in [0.1, 0.15) is 13.8 Å². The molecule has 0 N–H and O–H groups in total. The van der Waals surface area contributed by atoms with Gasteiger partial charge in [0.05, 0.1) is 13.2 Å². The van der Waals surface area contributed by atoms with Crippen LogP contribution in [0.2, 0.25) is 0 Å². The third-order valence-electron chi connectivity index (χ3n) is 0.524. The second-order valence-electron chi connectivity index (χ2n) is 1.63. The summed E-state index contributed by atoms with van der Waals surface area (Å²) in [7, 11) is -8.85. The molecule has 15 heavy (non-hydrogen) atoms. The Labute approximate surface area is 102 Å². The minimum Gasteiger partial charge on any atom is -0.726 e. The van der Waals surface area contributed by atoms with Gasteiger partial charge in [0, 0.05) is 0 Å². The molecule has 0 saturated heterocycles. The van der Waals surface area contributed by atoms with Gasteiger partial charge >= 0.3 is 19.5 Å². The first-order valence-corrected chi connectivity index (χ1v) is 5.99. The zero-order chi connectivity index (χ0) is 11.8. The molecule has 0 aliphatic rings. The maximum Gasteiger partial charge on any atom is 2.00 e. The van der Waals surface area contributed by atoms with E-state index in [1.54, 1.807) is 0 Å². The van der Waals surface area contributed by atoms with Crippen LogP contribution in [0, 0.1) is 0 Å². The number of rotatable bonds is 4. The smallest absolute Gasteiger partial charge is 0.726 e. The van der Waals surface area contributed by atoms with Gasteiger partial charge in [-0.25, -0.2) is 16.8 Å². The molecule has 0 heterocycles. The molecule has 0 saturated carbocycles. The standard InChI is InChI=1S/2C2H6O4S.Zn/c2*1-2-6-7(3,4)5;/h2*2H2,1H3,(H,3,4,5);/q;;+2/p-2. The van der Waals surface area contributed by atoms with Crippen LogP contribution in [0.25, 0.3) is 0 Å². The van der Waals surface area contributed by atoms with Gasteiger partial charge in [-0.1, -0.05) is 0 Å². The fourth-order valence-electron chi connectivity index (χ4n) is 0.289. The van der Waals surface area contributed by atoms with Crippen LogP contribution in [0.3, 0.4) is 0 Å². The first kappa shape index (κ1) is 20.7. The van der Waals surface area contributed by atoms with Gasteiger partial charge in [0.2, 0.25) is 20.8 Å². The van der Waals surface area contributed by atoms with E-state index in [9.17, 15) is 25.9 Å². The van der Waals surface area contributed by atoms with Crippen molar-refractivity contribution in [3.8, 4) is 0 Å².